The molecule has 6 heteroatoms. The standard InChI is InChI=1S/C13H7Cl2FN2O/c14-8-4-10-11(5-9(8)15)18-13(17-10)7-3-6(16)1-2-12(7)19/h1-5,19H,(H,17,18). The number of rotatable bonds is 1. The summed E-state index contributed by atoms with van der Waals surface area (Å²) in [6.45, 7) is 0. The molecular weight excluding hydrogens is 290 g/mol. The summed E-state index contributed by atoms with van der Waals surface area (Å²) in [5.74, 6) is -0.160. The highest BCUT2D eigenvalue weighted by Crippen LogP contribution is 2.32. The fourth-order valence-corrected chi connectivity index (χ4v) is 2.15. The number of fused-ring (bicyclic) bond motifs is 1. The summed E-state index contributed by atoms with van der Waals surface area (Å²) in [5, 5.41) is 10.5. The highest BCUT2D eigenvalue weighted by atomic mass is 35.5. The lowest BCUT2D eigenvalue weighted by molar-refractivity contribution is 0.475. The molecule has 0 spiro atoms. The zero-order valence-corrected chi connectivity index (χ0v) is 10.9. The van der Waals surface area contributed by atoms with E-state index in [4.69, 9.17) is 23.2 Å². The van der Waals surface area contributed by atoms with E-state index < -0.39 is 5.82 Å². The fraction of sp³-hybridized carbons (Fsp3) is 0. The number of aromatic amines is 1. The SMILES string of the molecule is Oc1ccc(F)cc1-c1nc2cc(Cl)c(Cl)cc2[nH]1. The number of benzene rings is 2. The minimum Gasteiger partial charge on any atom is -0.507 e. The van der Waals surface area contributed by atoms with Crippen LogP contribution < -0.4 is 0 Å². The quantitative estimate of drug-likeness (QED) is 0.700. The van der Waals surface area contributed by atoms with Crippen LogP contribution in [0.4, 0.5) is 4.39 Å². The summed E-state index contributed by atoms with van der Waals surface area (Å²) in [7, 11) is 0. The van der Waals surface area contributed by atoms with Gasteiger partial charge in [-0.15, -0.1) is 0 Å². The first-order chi connectivity index (χ1) is 9.04. The molecule has 19 heavy (non-hydrogen) atoms. The van der Waals surface area contributed by atoms with Crippen molar-refractivity contribution < 1.29 is 9.50 Å². The molecule has 0 amide bonds. The molecule has 3 rings (SSSR count). The van der Waals surface area contributed by atoms with E-state index in [-0.39, 0.29) is 11.3 Å². The Bertz CT molecular complexity index is 747. The number of phenolic OH excluding ortho intramolecular Hbond substituents is 1. The molecule has 1 aromatic heterocycles. The first-order valence-electron chi connectivity index (χ1n) is 5.38. The van der Waals surface area contributed by atoms with Crippen LogP contribution in [0.15, 0.2) is 30.3 Å². The van der Waals surface area contributed by atoms with E-state index >= 15 is 0 Å². The Kier molecular flexibility index (Phi) is 2.84. The first-order valence-corrected chi connectivity index (χ1v) is 6.14. The number of halogens is 3. The van der Waals surface area contributed by atoms with Crippen molar-refractivity contribution in [1.82, 2.24) is 9.97 Å². The molecule has 0 saturated carbocycles. The van der Waals surface area contributed by atoms with Crippen molar-refractivity contribution >= 4 is 34.2 Å². The van der Waals surface area contributed by atoms with Gasteiger partial charge in [0.25, 0.3) is 0 Å². The Hall–Kier alpha value is -1.78. The van der Waals surface area contributed by atoms with Crippen LogP contribution in [0.3, 0.4) is 0 Å². The number of hydrogen-bond acceptors (Lipinski definition) is 2. The monoisotopic (exact) mass is 296 g/mol. The van der Waals surface area contributed by atoms with Gasteiger partial charge in [-0.05, 0) is 30.3 Å². The van der Waals surface area contributed by atoms with Gasteiger partial charge in [0.2, 0.25) is 0 Å². The van der Waals surface area contributed by atoms with Crippen molar-refractivity contribution in [1.29, 1.82) is 0 Å². The lowest BCUT2D eigenvalue weighted by Gasteiger charge is -2.00. The zero-order chi connectivity index (χ0) is 13.6. The average Bonchev–Trinajstić information content (AvgIpc) is 2.75. The van der Waals surface area contributed by atoms with Gasteiger partial charge in [-0.25, -0.2) is 9.37 Å². The first kappa shape index (κ1) is 12.3. The van der Waals surface area contributed by atoms with E-state index in [1.165, 1.54) is 18.2 Å². The van der Waals surface area contributed by atoms with Crippen molar-refractivity contribution in [2.45, 2.75) is 0 Å². The summed E-state index contributed by atoms with van der Waals surface area (Å²) in [5.41, 5.74) is 1.53. The summed E-state index contributed by atoms with van der Waals surface area (Å²) in [6, 6.07) is 6.89. The molecule has 0 radical (unpaired) electrons. The number of aromatic hydroxyl groups is 1. The summed E-state index contributed by atoms with van der Waals surface area (Å²) in [4.78, 5) is 7.23. The third-order valence-corrected chi connectivity index (χ3v) is 3.46. The second-order valence-corrected chi connectivity index (χ2v) is 4.84. The molecule has 1 heterocycles. The third kappa shape index (κ3) is 2.13. The number of aromatic nitrogens is 2. The molecule has 0 aliphatic carbocycles. The highest BCUT2D eigenvalue weighted by Gasteiger charge is 2.12. The van der Waals surface area contributed by atoms with Gasteiger partial charge in [-0.1, -0.05) is 23.2 Å². The molecule has 0 fully saturated rings. The normalized spacial score (nSPS) is 11.1. The maximum absolute atomic E-state index is 13.2. The van der Waals surface area contributed by atoms with E-state index in [0.29, 0.717) is 26.9 Å². The van der Waals surface area contributed by atoms with Crippen LogP contribution in [-0.4, -0.2) is 15.1 Å². The molecule has 96 valence electrons. The van der Waals surface area contributed by atoms with Crippen LogP contribution in [0.2, 0.25) is 10.0 Å². The Morgan fingerprint density at radius 2 is 1.84 bits per heavy atom. The van der Waals surface area contributed by atoms with Gasteiger partial charge in [0, 0.05) is 0 Å². The number of nitrogens with one attached hydrogen (secondary N) is 1. The number of H-pyrrole nitrogens is 1. The van der Waals surface area contributed by atoms with Crippen LogP contribution in [-0.2, 0) is 0 Å². The second kappa shape index (κ2) is 4.40. The molecule has 0 aliphatic rings. The van der Waals surface area contributed by atoms with Crippen molar-refractivity contribution in [3.8, 4) is 17.1 Å². The topological polar surface area (TPSA) is 48.9 Å². The molecule has 0 aliphatic heterocycles. The van der Waals surface area contributed by atoms with E-state index in [1.54, 1.807) is 12.1 Å². The van der Waals surface area contributed by atoms with Gasteiger partial charge in [0.05, 0.1) is 26.6 Å². The smallest absolute Gasteiger partial charge is 0.142 e. The predicted molar refractivity (Wildman–Crippen MR) is 73.2 cm³/mol. The molecule has 3 aromatic rings. The number of nitrogens with zero attached hydrogens (tertiary/aromatic N) is 1. The van der Waals surface area contributed by atoms with E-state index in [0.717, 1.165) is 0 Å². The lowest BCUT2D eigenvalue weighted by Crippen LogP contribution is -1.83. The maximum atomic E-state index is 13.2. The third-order valence-electron chi connectivity index (χ3n) is 2.74. The molecule has 0 bridgehead atoms. The van der Waals surface area contributed by atoms with E-state index in [2.05, 4.69) is 9.97 Å². The molecule has 0 saturated heterocycles. The molecule has 3 nitrogen and oxygen atoms in total. The van der Waals surface area contributed by atoms with Crippen LogP contribution in [0, 0.1) is 5.82 Å². The molecule has 2 N–H and O–H groups in total. The van der Waals surface area contributed by atoms with Gasteiger partial charge >= 0.3 is 0 Å². The van der Waals surface area contributed by atoms with Crippen molar-refractivity contribution in [3.05, 3.63) is 46.2 Å². The highest BCUT2D eigenvalue weighted by molar-refractivity contribution is 6.42. The van der Waals surface area contributed by atoms with Gasteiger partial charge in [-0.2, -0.15) is 0 Å². The minimum absolute atomic E-state index is 0.0577. The number of imidazole rings is 1. The van der Waals surface area contributed by atoms with Crippen molar-refractivity contribution in [2.75, 3.05) is 0 Å². The minimum atomic E-state index is -0.454. The van der Waals surface area contributed by atoms with Crippen LogP contribution in [0.5, 0.6) is 5.75 Å². The summed E-state index contributed by atoms with van der Waals surface area (Å²) in [6.07, 6.45) is 0. The average molecular weight is 297 g/mol. The molecule has 2 aromatic carbocycles. The van der Waals surface area contributed by atoms with Gasteiger partial charge in [0.1, 0.15) is 17.4 Å². The lowest BCUT2D eigenvalue weighted by atomic mass is 10.2. The van der Waals surface area contributed by atoms with Gasteiger partial charge in [-0.3, -0.25) is 0 Å². The fourth-order valence-electron chi connectivity index (χ4n) is 1.83. The van der Waals surface area contributed by atoms with Crippen LogP contribution >= 0.6 is 23.2 Å². The number of phenols is 1. The maximum Gasteiger partial charge on any atom is 0.142 e. The van der Waals surface area contributed by atoms with E-state index in [9.17, 15) is 9.50 Å². The Morgan fingerprint density at radius 1 is 1.11 bits per heavy atom. The van der Waals surface area contributed by atoms with Gasteiger partial charge in [0.15, 0.2) is 0 Å². The van der Waals surface area contributed by atoms with Crippen molar-refractivity contribution in [3.63, 3.8) is 0 Å². The Balaban J connectivity index is 2.23. The predicted octanol–water partition coefficient (Wildman–Crippen LogP) is 4.38. The van der Waals surface area contributed by atoms with Gasteiger partial charge < -0.3 is 10.1 Å². The van der Waals surface area contributed by atoms with E-state index in [1.807, 2.05) is 0 Å². The second-order valence-electron chi connectivity index (χ2n) is 4.03. The largest absolute Gasteiger partial charge is 0.507 e. The summed E-state index contributed by atoms with van der Waals surface area (Å²) >= 11 is 11.8. The zero-order valence-electron chi connectivity index (χ0n) is 9.42. The molecular formula is C13H7Cl2FN2O. The molecule has 0 unspecified atom stereocenters. The Morgan fingerprint density at radius 3 is 2.63 bits per heavy atom. The Labute approximate surface area is 117 Å². The summed E-state index contributed by atoms with van der Waals surface area (Å²) < 4.78 is 13.2. The van der Waals surface area contributed by atoms with Crippen LogP contribution in [0.25, 0.3) is 22.4 Å². The number of hydrogen-bond donors (Lipinski definition) is 2. The molecule has 0 atom stereocenters. The van der Waals surface area contributed by atoms with Crippen molar-refractivity contribution in [2.24, 2.45) is 0 Å². The van der Waals surface area contributed by atoms with Crippen LogP contribution in [0.1, 0.15) is 0 Å².